The summed E-state index contributed by atoms with van der Waals surface area (Å²) in [6.45, 7) is 1.47. The highest BCUT2D eigenvalue weighted by Gasteiger charge is 2.15. The minimum absolute atomic E-state index is 0.0524. The zero-order valence-corrected chi connectivity index (χ0v) is 18.5. The molecule has 0 radical (unpaired) electrons. The number of ketones is 1. The normalized spacial score (nSPS) is 10.8. The summed E-state index contributed by atoms with van der Waals surface area (Å²) in [5, 5.41) is 5.43. The van der Waals surface area contributed by atoms with Crippen molar-refractivity contribution in [1.82, 2.24) is 5.32 Å². The van der Waals surface area contributed by atoms with Crippen molar-refractivity contribution in [2.24, 2.45) is 0 Å². The van der Waals surface area contributed by atoms with Crippen molar-refractivity contribution in [3.05, 3.63) is 95.2 Å². The minimum Gasteiger partial charge on any atom is -0.497 e. The van der Waals surface area contributed by atoms with Gasteiger partial charge in [0.25, 0.3) is 11.8 Å². The zero-order valence-electron chi connectivity index (χ0n) is 18.5. The van der Waals surface area contributed by atoms with E-state index in [0.717, 1.165) is 0 Å². The molecule has 2 N–H and O–H groups in total. The molecule has 0 heterocycles. The number of nitrogens with one attached hydrogen (secondary N) is 2. The number of rotatable bonds is 8. The van der Waals surface area contributed by atoms with Gasteiger partial charge in [0.05, 0.1) is 14.2 Å². The Balaban J connectivity index is 1.86. The third kappa shape index (κ3) is 6.30. The first-order chi connectivity index (χ1) is 15.9. The topological polar surface area (TPSA) is 93.7 Å². The largest absolute Gasteiger partial charge is 0.497 e. The lowest BCUT2D eigenvalue weighted by molar-refractivity contribution is -0.113. The lowest BCUT2D eigenvalue weighted by atomic mass is 10.1. The van der Waals surface area contributed by atoms with Crippen molar-refractivity contribution < 1.29 is 23.9 Å². The average molecular weight is 444 g/mol. The van der Waals surface area contributed by atoms with Gasteiger partial charge >= 0.3 is 0 Å². The van der Waals surface area contributed by atoms with Gasteiger partial charge in [0.1, 0.15) is 17.2 Å². The van der Waals surface area contributed by atoms with E-state index in [4.69, 9.17) is 9.47 Å². The molecule has 3 aromatic carbocycles. The van der Waals surface area contributed by atoms with Gasteiger partial charge in [0.15, 0.2) is 5.78 Å². The Kier molecular flexibility index (Phi) is 7.60. The first-order valence-corrected chi connectivity index (χ1v) is 10.1. The molecule has 0 fully saturated rings. The molecule has 3 aromatic rings. The quantitative estimate of drug-likeness (QED) is 0.399. The fourth-order valence-electron chi connectivity index (χ4n) is 2.95. The van der Waals surface area contributed by atoms with Crippen molar-refractivity contribution >= 4 is 29.4 Å². The zero-order chi connectivity index (χ0) is 23.8. The van der Waals surface area contributed by atoms with Crippen LogP contribution >= 0.6 is 0 Å². The highest BCUT2D eigenvalue weighted by molar-refractivity contribution is 6.10. The SMILES string of the molecule is COc1ccc(C=C(NC(=O)c2ccc(OC)cc2)C(=O)Nc2ccc(C(C)=O)cc2)cc1. The summed E-state index contributed by atoms with van der Waals surface area (Å²) < 4.78 is 10.3. The van der Waals surface area contributed by atoms with Gasteiger partial charge in [0.2, 0.25) is 0 Å². The monoisotopic (exact) mass is 444 g/mol. The number of carbonyl (C=O) groups is 3. The molecule has 0 aliphatic heterocycles. The molecule has 0 aliphatic carbocycles. The smallest absolute Gasteiger partial charge is 0.272 e. The Morgan fingerprint density at radius 2 is 1.24 bits per heavy atom. The highest BCUT2D eigenvalue weighted by Crippen LogP contribution is 2.17. The van der Waals surface area contributed by atoms with Crippen LogP contribution in [0.25, 0.3) is 6.08 Å². The minimum atomic E-state index is -0.511. The Labute approximate surface area is 192 Å². The van der Waals surface area contributed by atoms with Crippen LogP contribution in [0, 0.1) is 0 Å². The van der Waals surface area contributed by atoms with Gasteiger partial charge in [-0.05, 0) is 79.2 Å². The fraction of sp³-hybridized carbons (Fsp3) is 0.115. The van der Waals surface area contributed by atoms with Gasteiger partial charge in [0, 0.05) is 16.8 Å². The second kappa shape index (κ2) is 10.8. The molecular weight excluding hydrogens is 420 g/mol. The van der Waals surface area contributed by atoms with Crippen molar-refractivity contribution in [3.8, 4) is 11.5 Å². The fourth-order valence-corrected chi connectivity index (χ4v) is 2.95. The van der Waals surface area contributed by atoms with Gasteiger partial charge in [-0.15, -0.1) is 0 Å². The summed E-state index contributed by atoms with van der Waals surface area (Å²) in [5.41, 5.74) is 2.15. The molecule has 0 aromatic heterocycles. The average Bonchev–Trinajstić information content (AvgIpc) is 2.84. The third-order valence-electron chi connectivity index (χ3n) is 4.82. The van der Waals surface area contributed by atoms with E-state index < -0.39 is 11.8 Å². The van der Waals surface area contributed by atoms with E-state index in [9.17, 15) is 14.4 Å². The molecule has 0 unspecified atom stereocenters. The molecule has 3 rings (SSSR count). The number of hydrogen-bond donors (Lipinski definition) is 2. The van der Waals surface area contributed by atoms with E-state index >= 15 is 0 Å². The molecule has 0 bridgehead atoms. The van der Waals surface area contributed by atoms with E-state index in [1.54, 1.807) is 86.0 Å². The van der Waals surface area contributed by atoms with Crippen LogP contribution < -0.4 is 20.1 Å². The molecule has 0 aliphatic rings. The van der Waals surface area contributed by atoms with Crippen LogP contribution in [0.4, 0.5) is 5.69 Å². The second-order valence-electron chi connectivity index (χ2n) is 7.10. The van der Waals surface area contributed by atoms with Crippen molar-refractivity contribution in [2.45, 2.75) is 6.92 Å². The number of carbonyl (C=O) groups excluding carboxylic acids is 3. The molecule has 168 valence electrons. The van der Waals surface area contributed by atoms with Crippen LogP contribution in [0.5, 0.6) is 11.5 Å². The molecule has 2 amide bonds. The number of anilines is 1. The van der Waals surface area contributed by atoms with Crippen molar-refractivity contribution in [3.63, 3.8) is 0 Å². The number of benzene rings is 3. The number of hydrogen-bond acceptors (Lipinski definition) is 5. The summed E-state index contributed by atoms with van der Waals surface area (Å²) >= 11 is 0. The third-order valence-corrected chi connectivity index (χ3v) is 4.82. The molecule has 0 spiro atoms. The van der Waals surface area contributed by atoms with Crippen LogP contribution in [0.1, 0.15) is 33.2 Å². The van der Waals surface area contributed by atoms with Gasteiger partial charge in [-0.3, -0.25) is 14.4 Å². The van der Waals surface area contributed by atoms with Crippen LogP contribution in [0.2, 0.25) is 0 Å². The lowest BCUT2D eigenvalue weighted by Crippen LogP contribution is -2.30. The molecule has 7 nitrogen and oxygen atoms in total. The molecule has 33 heavy (non-hydrogen) atoms. The second-order valence-corrected chi connectivity index (χ2v) is 7.10. The van der Waals surface area contributed by atoms with Crippen molar-refractivity contribution in [1.29, 1.82) is 0 Å². The first-order valence-electron chi connectivity index (χ1n) is 10.1. The predicted octanol–water partition coefficient (Wildman–Crippen LogP) is 4.32. The summed E-state index contributed by atoms with van der Waals surface area (Å²) in [7, 11) is 3.11. The van der Waals surface area contributed by atoms with Crippen LogP contribution in [0.3, 0.4) is 0 Å². The molecular formula is C26H24N2O5. The summed E-state index contributed by atoms with van der Waals surface area (Å²) in [6.07, 6.45) is 1.57. The van der Waals surface area contributed by atoms with E-state index in [1.807, 2.05) is 0 Å². The van der Waals surface area contributed by atoms with Crippen LogP contribution in [0.15, 0.2) is 78.5 Å². The maximum absolute atomic E-state index is 13.0. The number of methoxy groups -OCH3 is 2. The molecule has 0 saturated carbocycles. The van der Waals surface area contributed by atoms with E-state index in [1.165, 1.54) is 14.0 Å². The number of amides is 2. The predicted molar refractivity (Wildman–Crippen MR) is 127 cm³/mol. The summed E-state index contributed by atoms with van der Waals surface area (Å²) in [5.74, 6) is 0.265. The molecule has 0 saturated heterocycles. The summed E-state index contributed by atoms with van der Waals surface area (Å²) in [4.78, 5) is 37.3. The first kappa shape index (κ1) is 23.3. The Morgan fingerprint density at radius 1 is 0.727 bits per heavy atom. The Bertz CT molecular complexity index is 1160. The maximum Gasteiger partial charge on any atom is 0.272 e. The van der Waals surface area contributed by atoms with Crippen LogP contribution in [-0.4, -0.2) is 31.8 Å². The number of Topliss-reactive ketones (excluding diaryl/α,β-unsaturated/α-hetero) is 1. The standard InChI is InChI=1S/C26H24N2O5/c1-17(29)19-6-10-21(11-7-19)27-26(31)24(16-18-4-12-22(32-2)13-5-18)28-25(30)20-8-14-23(33-3)15-9-20/h4-16H,1-3H3,(H,27,31)(H,28,30). The summed E-state index contributed by atoms with van der Waals surface area (Å²) in [6, 6.07) is 20.1. The Hall–Kier alpha value is -4.39. The van der Waals surface area contributed by atoms with Crippen molar-refractivity contribution in [2.75, 3.05) is 19.5 Å². The molecule has 0 atom stereocenters. The van der Waals surface area contributed by atoms with E-state index in [0.29, 0.717) is 33.9 Å². The lowest BCUT2D eigenvalue weighted by Gasteiger charge is -2.12. The van der Waals surface area contributed by atoms with Crippen LogP contribution in [-0.2, 0) is 4.79 Å². The molecule has 7 heteroatoms. The van der Waals surface area contributed by atoms with Gasteiger partial charge in [-0.25, -0.2) is 0 Å². The highest BCUT2D eigenvalue weighted by atomic mass is 16.5. The number of ether oxygens (including phenoxy) is 2. The Morgan fingerprint density at radius 3 is 1.76 bits per heavy atom. The maximum atomic E-state index is 13.0. The van der Waals surface area contributed by atoms with Gasteiger partial charge in [-0.1, -0.05) is 12.1 Å². The van der Waals surface area contributed by atoms with Gasteiger partial charge < -0.3 is 20.1 Å². The van der Waals surface area contributed by atoms with E-state index in [2.05, 4.69) is 10.6 Å². The van der Waals surface area contributed by atoms with E-state index in [-0.39, 0.29) is 11.5 Å². The van der Waals surface area contributed by atoms with Gasteiger partial charge in [-0.2, -0.15) is 0 Å².